The molecule has 0 bridgehead atoms. The molecule has 0 aromatic carbocycles. The molecule has 1 spiro atoms. The van der Waals surface area contributed by atoms with Crippen LogP contribution in [0.4, 0.5) is 26.3 Å². The quantitative estimate of drug-likeness (QED) is 0.515. The van der Waals surface area contributed by atoms with Crippen molar-refractivity contribution in [2.75, 3.05) is 13.2 Å². The number of halogens is 6. The molecule has 0 radical (unpaired) electrons. The first-order chi connectivity index (χ1) is 10.6. The van der Waals surface area contributed by atoms with Gasteiger partial charge in [-0.2, -0.15) is 26.3 Å². The number of ether oxygens (including phenoxy) is 2. The van der Waals surface area contributed by atoms with Gasteiger partial charge in [-0.05, 0) is 6.08 Å². The van der Waals surface area contributed by atoms with Crippen molar-refractivity contribution < 1.29 is 52.7 Å². The Morgan fingerprint density at radius 2 is 1.33 bits per heavy atom. The van der Waals surface area contributed by atoms with E-state index in [9.17, 15) is 43.2 Å². The van der Waals surface area contributed by atoms with Gasteiger partial charge in [0.25, 0.3) is 0 Å². The Bertz CT molecular complexity index is 689. The molecule has 1 heterocycles. The van der Waals surface area contributed by atoms with E-state index in [2.05, 4.69) is 0 Å². The summed E-state index contributed by atoms with van der Waals surface area (Å²) in [5.41, 5.74) is -12.5. The molecule has 0 aromatic heterocycles. The fraction of sp³-hybridized carbons (Fsp3) is 0.778. The van der Waals surface area contributed by atoms with E-state index >= 15 is 0 Å². The minimum atomic E-state index is -6.85. The van der Waals surface area contributed by atoms with E-state index in [0.717, 1.165) is 6.08 Å². The topological polar surface area (TPSA) is 90.0 Å². The lowest BCUT2D eigenvalue weighted by atomic mass is 10.2. The minimum absolute atomic E-state index is 0.0465. The van der Waals surface area contributed by atoms with E-state index in [1.54, 1.807) is 0 Å². The zero-order valence-electron chi connectivity index (χ0n) is 11.3. The Balaban J connectivity index is 2.53. The maximum atomic E-state index is 12.7. The van der Waals surface area contributed by atoms with Gasteiger partial charge in [-0.25, -0.2) is 16.8 Å². The molecule has 2 aliphatic rings. The number of hydrogen-bond donors (Lipinski definition) is 0. The Morgan fingerprint density at radius 3 is 1.71 bits per heavy atom. The second kappa shape index (κ2) is 5.55. The lowest BCUT2D eigenvalue weighted by Gasteiger charge is -2.29. The SMILES string of the molecule is O=S(=O)(N(C1C=CC2(C1)OCCO2)S(=O)(=O)C(F)(F)F)C(F)(F)F. The molecule has 1 fully saturated rings. The number of hydrogen-bond acceptors (Lipinski definition) is 6. The smallest absolute Gasteiger partial charge is 0.344 e. The fourth-order valence-electron chi connectivity index (χ4n) is 2.20. The summed E-state index contributed by atoms with van der Waals surface area (Å²) in [6.07, 6.45) is 0.560. The summed E-state index contributed by atoms with van der Waals surface area (Å²) in [6, 6.07) is -2.30. The maximum absolute atomic E-state index is 12.7. The van der Waals surface area contributed by atoms with Crippen molar-refractivity contribution >= 4 is 20.0 Å². The van der Waals surface area contributed by atoms with Crippen LogP contribution >= 0.6 is 0 Å². The molecule has 7 nitrogen and oxygen atoms in total. The van der Waals surface area contributed by atoms with Crippen LogP contribution in [0.15, 0.2) is 12.2 Å². The third-order valence-electron chi connectivity index (χ3n) is 3.17. The van der Waals surface area contributed by atoms with Crippen LogP contribution in [0.2, 0.25) is 0 Å². The molecular weight excluding hydrogens is 396 g/mol. The molecule has 0 N–H and O–H groups in total. The average Bonchev–Trinajstić information content (AvgIpc) is 2.97. The van der Waals surface area contributed by atoms with Crippen LogP contribution in [0.3, 0.4) is 0 Å². The number of rotatable bonds is 3. The van der Waals surface area contributed by atoms with E-state index < -0.39 is 53.0 Å². The summed E-state index contributed by atoms with van der Waals surface area (Å²) in [5, 5.41) is 0. The second-order valence-electron chi connectivity index (χ2n) is 4.77. The first-order valence-electron chi connectivity index (χ1n) is 6.03. The second-order valence-corrected chi connectivity index (χ2v) is 8.61. The molecule has 2 rings (SSSR count). The molecule has 15 heteroatoms. The number of sulfonamides is 2. The first-order valence-corrected chi connectivity index (χ1v) is 8.92. The predicted octanol–water partition coefficient (Wildman–Crippen LogP) is 1.06. The van der Waals surface area contributed by atoms with Gasteiger partial charge < -0.3 is 9.47 Å². The highest BCUT2D eigenvalue weighted by molar-refractivity contribution is 8.04. The summed E-state index contributed by atoms with van der Waals surface area (Å²) in [5.74, 6) is -1.76. The monoisotopic (exact) mass is 405 g/mol. The third kappa shape index (κ3) is 3.02. The molecule has 1 aliphatic carbocycles. The van der Waals surface area contributed by atoms with E-state index in [-0.39, 0.29) is 13.2 Å². The van der Waals surface area contributed by atoms with Gasteiger partial charge in [-0.1, -0.05) is 9.79 Å². The molecule has 0 aromatic rings. The third-order valence-corrected chi connectivity index (χ3v) is 7.01. The van der Waals surface area contributed by atoms with Crippen LogP contribution in [0.5, 0.6) is 0 Å². The molecule has 1 aliphatic heterocycles. The van der Waals surface area contributed by atoms with Gasteiger partial charge in [0.05, 0.1) is 19.3 Å². The molecular formula is C9H9F6NO6S2. The largest absolute Gasteiger partial charge is 0.512 e. The van der Waals surface area contributed by atoms with Crippen LogP contribution < -0.4 is 0 Å². The predicted molar refractivity (Wildman–Crippen MR) is 64.0 cm³/mol. The van der Waals surface area contributed by atoms with Gasteiger partial charge >= 0.3 is 31.1 Å². The van der Waals surface area contributed by atoms with Crippen molar-refractivity contribution in [1.82, 2.24) is 3.71 Å². The van der Waals surface area contributed by atoms with E-state index in [1.165, 1.54) is 0 Å². The summed E-state index contributed by atoms with van der Waals surface area (Å²) < 4.78 is 130. The fourth-order valence-corrected chi connectivity index (χ4v) is 5.16. The van der Waals surface area contributed by atoms with E-state index in [1.807, 2.05) is 0 Å². The zero-order chi connectivity index (χ0) is 18.6. The highest BCUT2D eigenvalue weighted by atomic mass is 32.3. The summed E-state index contributed by atoms with van der Waals surface area (Å²) in [7, 11) is -13.7. The molecule has 0 saturated carbocycles. The van der Waals surface area contributed by atoms with Crippen LogP contribution in [0, 0.1) is 0 Å². The van der Waals surface area contributed by atoms with Crippen molar-refractivity contribution in [3.8, 4) is 0 Å². The van der Waals surface area contributed by atoms with E-state index in [4.69, 9.17) is 9.47 Å². The average molecular weight is 405 g/mol. The molecule has 1 unspecified atom stereocenters. The van der Waals surface area contributed by atoms with Gasteiger partial charge in [0.2, 0.25) is 0 Å². The van der Waals surface area contributed by atoms with Gasteiger partial charge in [0.15, 0.2) is 5.79 Å². The number of nitrogens with zero attached hydrogens (tertiary/aromatic N) is 1. The molecule has 24 heavy (non-hydrogen) atoms. The van der Waals surface area contributed by atoms with E-state index in [0.29, 0.717) is 6.08 Å². The lowest BCUT2D eigenvalue weighted by molar-refractivity contribution is -0.119. The normalized spacial score (nSPS) is 25.0. The first kappa shape index (κ1) is 19.4. The van der Waals surface area contributed by atoms with Gasteiger partial charge in [0.1, 0.15) is 0 Å². The maximum Gasteiger partial charge on any atom is 0.512 e. The standard InChI is InChI=1S/C9H9F6NO6S2/c10-8(11,12)23(17,18)16(24(19,20)9(13,14)15)6-1-2-7(5-6)21-3-4-22-7/h1-2,6H,3-5H2. The lowest BCUT2D eigenvalue weighted by Crippen LogP contribution is -2.53. The Kier molecular flexibility index (Phi) is 4.49. The Hall–Kier alpha value is -0.900. The van der Waals surface area contributed by atoms with Gasteiger partial charge in [-0.15, -0.1) is 0 Å². The molecule has 1 atom stereocenters. The van der Waals surface area contributed by atoms with Crippen LogP contribution in [-0.2, 0) is 29.5 Å². The van der Waals surface area contributed by atoms with Crippen molar-refractivity contribution in [3.63, 3.8) is 0 Å². The summed E-state index contributed by atoms with van der Waals surface area (Å²) in [6.45, 7) is -0.0931. The van der Waals surface area contributed by atoms with Crippen molar-refractivity contribution in [2.24, 2.45) is 0 Å². The Labute approximate surface area is 131 Å². The molecule has 140 valence electrons. The van der Waals surface area contributed by atoms with Crippen molar-refractivity contribution in [2.45, 2.75) is 29.3 Å². The minimum Gasteiger partial charge on any atom is -0.344 e. The number of alkyl halides is 6. The van der Waals surface area contributed by atoms with Crippen LogP contribution in [-0.4, -0.2) is 56.6 Å². The van der Waals surface area contributed by atoms with Crippen LogP contribution in [0.25, 0.3) is 0 Å². The highest BCUT2D eigenvalue weighted by Crippen LogP contribution is 2.42. The zero-order valence-corrected chi connectivity index (χ0v) is 13.0. The Morgan fingerprint density at radius 1 is 0.917 bits per heavy atom. The highest BCUT2D eigenvalue weighted by Gasteiger charge is 2.64. The summed E-state index contributed by atoms with van der Waals surface area (Å²) >= 11 is 0. The summed E-state index contributed by atoms with van der Waals surface area (Å²) in [4.78, 5) is 0. The van der Waals surface area contributed by atoms with Crippen LogP contribution in [0.1, 0.15) is 6.42 Å². The van der Waals surface area contributed by atoms with Gasteiger partial charge in [0, 0.05) is 6.42 Å². The molecule has 0 amide bonds. The van der Waals surface area contributed by atoms with Gasteiger partial charge in [-0.3, -0.25) is 0 Å². The van der Waals surface area contributed by atoms with Crippen molar-refractivity contribution in [3.05, 3.63) is 12.2 Å². The van der Waals surface area contributed by atoms with Crippen molar-refractivity contribution in [1.29, 1.82) is 0 Å². The molecule has 1 saturated heterocycles.